The Balaban J connectivity index is 1.87. The second-order valence-corrected chi connectivity index (χ2v) is 8.83. The molecule has 8 heteroatoms. The molecule has 3 rings (SSSR count). The van der Waals surface area contributed by atoms with Gasteiger partial charge in [0.15, 0.2) is 5.17 Å². The molecule has 1 aliphatic heterocycles. The fourth-order valence-corrected chi connectivity index (χ4v) is 4.08. The van der Waals surface area contributed by atoms with E-state index in [9.17, 15) is 9.59 Å². The number of rotatable bonds is 3. The summed E-state index contributed by atoms with van der Waals surface area (Å²) in [5.74, 6) is -0.434. The summed E-state index contributed by atoms with van der Waals surface area (Å²) in [5.41, 5.74) is 3.21. The second-order valence-electron chi connectivity index (χ2n) is 5.53. The van der Waals surface area contributed by atoms with E-state index in [2.05, 4.69) is 10.5 Å². The predicted octanol–water partition coefficient (Wildman–Crippen LogP) is 3.96. The van der Waals surface area contributed by atoms with Gasteiger partial charge < -0.3 is 0 Å². The lowest BCUT2D eigenvalue weighted by Crippen LogP contribution is -2.36. The lowest BCUT2D eigenvalue weighted by molar-refractivity contribution is -0.118. The Morgan fingerprint density at radius 1 is 1.21 bits per heavy atom. The number of thiophene rings is 1. The number of benzene rings is 1. The molecule has 5 nitrogen and oxygen atoms in total. The summed E-state index contributed by atoms with van der Waals surface area (Å²) < 4.78 is -0.115. The molecular weight excluding hydrogens is 366 g/mol. The van der Waals surface area contributed by atoms with Gasteiger partial charge in [0.25, 0.3) is 5.91 Å². The molecule has 124 valence electrons. The standard InChI is InChI=1S/C16H14ClN3O2S2/c1-16(2)14(22)20(10-6-4-3-5-7-10)15(24-16)19-18-13(21)11-8-9-12(17)23-11/h3-9H,1-2H3,(H,18,21)/b19-15+. The van der Waals surface area contributed by atoms with E-state index in [4.69, 9.17) is 11.6 Å². The van der Waals surface area contributed by atoms with Crippen LogP contribution in [0.1, 0.15) is 23.5 Å². The molecule has 0 bridgehead atoms. The average molecular weight is 380 g/mol. The summed E-state index contributed by atoms with van der Waals surface area (Å²) in [6, 6.07) is 12.5. The fourth-order valence-electron chi connectivity index (χ4n) is 2.14. The highest BCUT2D eigenvalue weighted by atomic mass is 35.5. The molecule has 24 heavy (non-hydrogen) atoms. The van der Waals surface area contributed by atoms with Crippen molar-refractivity contribution in [2.75, 3.05) is 4.90 Å². The molecule has 0 radical (unpaired) electrons. The van der Waals surface area contributed by atoms with Crippen LogP contribution in [-0.4, -0.2) is 21.7 Å². The van der Waals surface area contributed by atoms with Crippen molar-refractivity contribution in [2.24, 2.45) is 5.10 Å². The number of anilines is 1. The van der Waals surface area contributed by atoms with Gasteiger partial charge in [-0.15, -0.1) is 16.4 Å². The van der Waals surface area contributed by atoms with E-state index in [0.717, 1.165) is 0 Å². The zero-order valence-electron chi connectivity index (χ0n) is 12.9. The molecule has 2 aromatic rings. The molecule has 2 amide bonds. The third-order valence-corrected chi connectivity index (χ3v) is 5.69. The summed E-state index contributed by atoms with van der Waals surface area (Å²) in [4.78, 5) is 26.8. The van der Waals surface area contributed by atoms with Gasteiger partial charge in [-0.25, -0.2) is 5.43 Å². The minimum absolute atomic E-state index is 0.0779. The molecule has 1 aliphatic rings. The highest BCUT2D eigenvalue weighted by Crippen LogP contribution is 2.39. The number of hydrogen-bond acceptors (Lipinski definition) is 5. The predicted molar refractivity (Wildman–Crippen MR) is 99.8 cm³/mol. The van der Waals surface area contributed by atoms with E-state index in [0.29, 0.717) is 20.1 Å². The second kappa shape index (κ2) is 6.58. The Bertz CT molecular complexity index is 818. The van der Waals surface area contributed by atoms with Crippen LogP contribution in [0, 0.1) is 0 Å². The minimum atomic E-state index is -0.647. The third kappa shape index (κ3) is 3.33. The number of carbonyl (C=O) groups excluding carboxylic acids is 2. The van der Waals surface area contributed by atoms with Crippen molar-refractivity contribution in [3.8, 4) is 0 Å². The molecule has 1 saturated heterocycles. The zero-order chi connectivity index (χ0) is 17.3. The van der Waals surface area contributed by atoms with Gasteiger partial charge in [0, 0.05) is 0 Å². The summed E-state index contributed by atoms with van der Waals surface area (Å²) in [5, 5.41) is 4.60. The number of hydrazone groups is 1. The van der Waals surface area contributed by atoms with Gasteiger partial charge >= 0.3 is 0 Å². The Hall–Kier alpha value is -1.83. The Kier molecular flexibility index (Phi) is 4.67. The Morgan fingerprint density at radius 3 is 2.54 bits per heavy atom. The van der Waals surface area contributed by atoms with Gasteiger partial charge in [0.05, 0.1) is 19.6 Å². The van der Waals surface area contributed by atoms with Crippen LogP contribution in [0.4, 0.5) is 5.69 Å². The van der Waals surface area contributed by atoms with Gasteiger partial charge in [-0.3, -0.25) is 14.5 Å². The van der Waals surface area contributed by atoms with Crippen molar-refractivity contribution in [1.82, 2.24) is 5.43 Å². The number of halogens is 1. The highest BCUT2D eigenvalue weighted by molar-refractivity contribution is 8.16. The van der Waals surface area contributed by atoms with E-state index in [-0.39, 0.29) is 11.8 Å². The lowest BCUT2D eigenvalue weighted by atomic mass is 10.1. The maximum Gasteiger partial charge on any atom is 0.281 e. The van der Waals surface area contributed by atoms with Crippen LogP contribution in [0.3, 0.4) is 0 Å². The van der Waals surface area contributed by atoms with E-state index in [1.165, 1.54) is 28.0 Å². The van der Waals surface area contributed by atoms with Crippen molar-refractivity contribution < 1.29 is 9.59 Å². The van der Waals surface area contributed by atoms with Crippen LogP contribution in [0.25, 0.3) is 0 Å². The third-order valence-electron chi connectivity index (χ3n) is 3.32. The number of amidine groups is 1. The van der Waals surface area contributed by atoms with Gasteiger partial charge in [-0.05, 0) is 38.1 Å². The first-order valence-electron chi connectivity index (χ1n) is 7.10. The molecule has 2 heterocycles. The number of nitrogens with zero attached hydrogens (tertiary/aromatic N) is 2. The molecule has 1 aromatic heterocycles. The number of hydrogen-bond donors (Lipinski definition) is 1. The van der Waals surface area contributed by atoms with Crippen LogP contribution in [0.2, 0.25) is 4.34 Å². The number of nitrogens with one attached hydrogen (secondary N) is 1. The van der Waals surface area contributed by atoms with Crippen LogP contribution in [0.5, 0.6) is 0 Å². The van der Waals surface area contributed by atoms with Gasteiger partial charge in [-0.1, -0.05) is 41.6 Å². The largest absolute Gasteiger partial charge is 0.281 e. The summed E-state index contributed by atoms with van der Waals surface area (Å²) in [6.45, 7) is 3.67. The van der Waals surface area contributed by atoms with E-state index >= 15 is 0 Å². The first-order valence-corrected chi connectivity index (χ1v) is 9.11. The van der Waals surface area contributed by atoms with E-state index in [1.54, 1.807) is 12.1 Å². The molecule has 1 fully saturated rings. The van der Waals surface area contributed by atoms with Gasteiger partial charge in [0.2, 0.25) is 5.91 Å². The van der Waals surface area contributed by atoms with Crippen LogP contribution in [-0.2, 0) is 4.79 Å². The topological polar surface area (TPSA) is 61.8 Å². The monoisotopic (exact) mass is 379 g/mol. The van der Waals surface area contributed by atoms with E-state index < -0.39 is 4.75 Å². The van der Waals surface area contributed by atoms with Crippen LogP contribution >= 0.6 is 34.7 Å². The normalized spacial score (nSPS) is 18.2. The highest BCUT2D eigenvalue weighted by Gasteiger charge is 2.45. The van der Waals surface area contributed by atoms with Crippen molar-refractivity contribution >= 4 is 57.4 Å². The van der Waals surface area contributed by atoms with Crippen molar-refractivity contribution in [1.29, 1.82) is 0 Å². The summed E-state index contributed by atoms with van der Waals surface area (Å²) >= 11 is 8.32. The molecule has 1 aromatic carbocycles. The molecule has 0 spiro atoms. The molecule has 0 saturated carbocycles. The van der Waals surface area contributed by atoms with Crippen molar-refractivity contribution in [3.05, 3.63) is 51.7 Å². The van der Waals surface area contributed by atoms with Crippen molar-refractivity contribution in [2.45, 2.75) is 18.6 Å². The first kappa shape index (κ1) is 17.0. The van der Waals surface area contributed by atoms with E-state index in [1.807, 2.05) is 44.2 Å². The SMILES string of the molecule is CC1(C)S/C(=N/NC(=O)c2ccc(Cl)s2)N(c2ccccc2)C1=O. The zero-order valence-corrected chi connectivity index (χ0v) is 15.3. The average Bonchev–Trinajstić information content (AvgIpc) is 3.08. The smallest absolute Gasteiger partial charge is 0.272 e. The maximum absolute atomic E-state index is 12.7. The molecule has 0 aliphatic carbocycles. The first-order chi connectivity index (χ1) is 11.4. The molecular formula is C16H14ClN3O2S2. The Labute approximate surface area is 152 Å². The fraction of sp³-hybridized carbons (Fsp3) is 0.188. The Morgan fingerprint density at radius 2 is 1.92 bits per heavy atom. The molecule has 1 N–H and O–H groups in total. The number of carbonyl (C=O) groups is 2. The van der Waals surface area contributed by atoms with Crippen molar-refractivity contribution in [3.63, 3.8) is 0 Å². The lowest BCUT2D eigenvalue weighted by Gasteiger charge is -2.17. The summed E-state index contributed by atoms with van der Waals surface area (Å²) in [6.07, 6.45) is 0. The maximum atomic E-state index is 12.7. The summed E-state index contributed by atoms with van der Waals surface area (Å²) in [7, 11) is 0. The quantitative estimate of drug-likeness (QED) is 0.821. The van der Waals surface area contributed by atoms with Gasteiger partial charge in [-0.2, -0.15) is 0 Å². The molecule has 0 unspecified atom stereocenters. The number of para-hydroxylation sites is 1. The minimum Gasteiger partial charge on any atom is -0.272 e. The van der Waals surface area contributed by atoms with Crippen LogP contribution < -0.4 is 10.3 Å². The number of amides is 2. The van der Waals surface area contributed by atoms with Gasteiger partial charge in [0.1, 0.15) is 0 Å². The number of thioether (sulfide) groups is 1. The molecule has 0 atom stereocenters. The van der Waals surface area contributed by atoms with Crippen LogP contribution in [0.15, 0.2) is 47.6 Å².